The Morgan fingerprint density at radius 3 is 2.53 bits per heavy atom. The Bertz CT molecular complexity index is 1290. The summed E-state index contributed by atoms with van der Waals surface area (Å²) >= 11 is 5.87. The zero-order valence-corrected chi connectivity index (χ0v) is 20.3. The minimum absolute atomic E-state index is 0.0513. The molecule has 6 nitrogen and oxygen atoms in total. The van der Waals surface area contributed by atoms with Crippen LogP contribution in [-0.4, -0.2) is 26.8 Å². The highest BCUT2D eigenvalue weighted by atomic mass is 32.1. The third kappa shape index (κ3) is 4.03. The summed E-state index contributed by atoms with van der Waals surface area (Å²) in [6.45, 7) is 5.11. The van der Waals surface area contributed by atoms with E-state index in [1.165, 1.54) is 22.5 Å². The van der Waals surface area contributed by atoms with Crippen LogP contribution in [0.4, 0.5) is 5.69 Å². The number of nitrogens with one attached hydrogen (secondary N) is 1. The van der Waals surface area contributed by atoms with Crippen LogP contribution in [0.15, 0.2) is 79.3 Å². The van der Waals surface area contributed by atoms with Gasteiger partial charge in [-0.25, -0.2) is 0 Å². The lowest BCUT2D eigenvalue weighted by Gasteiger charge is -2.28. The van der Waals surface area contributed by atoms with Crippen LogP contribution in [0.5, 0.6) is 5.75 Å². The third-order valence-electron chi connectivity index (χ3n) is 6.44. The molecule has 1 aliphatic rings. The molecule has 1 aromatic carbocycles. The second-order valence-corrected chi connectivity index (χ2v) is 8.86. The van der Waals surface area contributed by atoms with E-state index in [0.717, 1.165) is 23.7 Å². The van der Waals surface area contributed by atoms with Gasteiger partial charge in [0.1, 0.15) is 5.75 Å². The largest absolute Gasteiger partial charge is 0.497 e. The highest BCUT2D eigenvalue weighted by Gasteiger charge is 2.42. The van der Waals surface area contributed by atoms with Gasteiger partial charge in [0.15, 0.2) is 5.11 Å². The van der Waals surface area contributed by atoms with E-state index in [-0.39, 0.29) is 12.1 Å². The quantitative estimate of drug-likeness (QED) is 0.395. The van der Waals surface area contributed by atoms with Gasteiger partial charge in [0.2, 0.25) is 0 Å². The van der Waals surface area contributed by atoms with E-state index in [1.54, 1.807) is 13.3 Å². The Hall–Kier alpha value is -3.71. The molecule has 172 valence electrons. The second kappa shape index (κ2) is 9.27. The highest BCUT2D eigenvalue weighted by Crippen LogP contribution is 2.43. The van der Waals surface area contributed by atoms with E-state index in [9.17, 15) is 0 Å². The fourth-order valence-corrected chi connectivity index (χ4v) is 5.08. The average molecular weight is 470 g/mol. The van der Waals surface area contributed by atoms with Crippen molar-refractivity contribution >= 4 is 23.0 Å². The van der Waals surface area contributed by atoms with Gasteiger partial charge in [-0.15, -0.1) is 0 Å². The summed E-state index contributed by atoms with van der Waals surface area (Å²) in [7, 11) is 1.67. The number of nitrogens with zero attached hydrogens (tertiary/aromatic N) is 4. The Labute approximate surface area is 205 Å². The van der Waals surface area contributed by atoms with Crippen LogP contribution in [0.3, 0.4) is 0 Å². The molecule has 0 spiro atoms. The fourth-order valence-electron chi connectivity index (χ4n) is 4.74. The summed E-state index contributed by atoms with van der Waals surface area (Å²) in [6.07, 6.45) is 5.56. The second-order valence-electron chi connectivity index (χ2n) is 8.47. The summed E-state index contributed by atoms with van der Waals surface area (Å²) in [5.74, 6) is 0.814. The number of aryl methyl sites for hydroxylation is 1. The molecule has 34 heavy (non-hydrogen) atoms. The van der Waals surface area contributed by atoms with Crippen LogP contribution in [0.2, 0.25) is 0 Å². The Balaban J connectivity index is 1.61. The van der Waals surface area contributed by atoms with E-state index in [1.807, 2.05) is 42.7 Å². The number of benzene rings is 1. The molecule has 0 aliphatic carbocycles. The van der Waals surface area contributed by atoms with Crippen molar-refractivity contribution < 1.29 is 4.74 Å². The third-order valence-corrected chi connectivity index (χ3v) is 6.76. The molecule has 0 unspecified atom stereocenters. The Kier molecular flexibility index (Phi) is 6.02. The monoisotopic (exact) mass is 469 g/mol. The maximum Gasteiger partial charge on any atom is 0.174 e. The standard InChI is InChI=1S/C27H27N5OS/c1-18-15-23(19(2)31(18)17-20-7-6-13-28-16-20)26-25(24-8-4-5-14-29-24)30-27(34)32(26)21-9-11-22(33-3)12-10-21/h4-16,25-26H,17H2,1-3H3,(H,30,34)/t25-,26-/m0/s1. The number of hydrogen-bond donors (Lipinski definition) is 1. The van der Waals surface area contributed by atoms with E-state index in [4.69, 9.17) is 17.0 Å². The van der Waals surface area contributed by atoms with E-state index < -0.39 is 0 Å². The van der Waals surface area contributed by atoms with Crippen molar-refractivity contribution in [2.24, 2.45) is 0 Å². The van der Waals surface area contributed by atoms with Crippen molar-refractivity contribution in [3.63, 3.8) is 0 Å². The first-order chi connectivity index (χ1) is 16.6. The molecule has 4 heterocycles. The van der Waals surface area contributed by atoms with Crippen LogP contribution in [-0.2, 0) is 6.54 Å². The number of anilines is 1. The normalized spacial score (nSPS) is 17.6. The van der Waals surface area contributed by atoms with E-state index in [2.05, 4.69) is 68.9 Å². The van der Waals surface area contributed by atoms with Crippen LogP contribution in [0.1, 0.15) is 40.3 Å². The molecular formula is C27H27N5OS. The highest BCUT2D eigenvalue weighted by molar-refractivity contribution is 7.80. The molecule has 0 amide bonds. The van der Waals surface area contributed by atoms with Gasteiger partial charge in [0.05, 0.1) is 24.9 Å². The molecule has 7 heteroatoms. The molecule has 3 aromatic heterocycles. The predicted octanol–water partition coefficient (Wildman–Crippen LogP) is 5.13. The molecule has 1 fully saturated rings. The lowest BCUT2D eigenvalue weighted by molar-refractivity contribution is 0.415. The molecule has 4 aromatic rings. The van der Waals surface area contributed by atoms with E-state index >= 15 is 0 Å². The maximum atomic E-state index is 5.87. The van der Waals surface area contributed by atoms with Gasteiger partial charge in [-0.3, -0.25) is 9.97 Å². The molecule has 0 radical (unpaired) electrons. The first-order valence-electron chi connectivity index (χ1n) is 11.3. The van der Waals surface area contributed by atoms with Gasteiger partial charge >= 0.3 is 0 Å². The van der Waals surface area contributed by atoms with Gasteiger partial charge in [0.25, 0.3) is 0 Å². The first kappa shape index (κ1) is 22.1. The molecular weight excluding hydrogens is 442 g/mol. The summed E-state index contributed by atoms with van der Waals surface area (Å²) < 4.78 is 7.71. The summed E-state index contributed by atoms with van der Waals surface area (Å²) in [5, 5.41) is 4.23. The van der Waals surface area contributed by atoms with Crippen molar-refractivity contribution in [1.82, 2.24) is 19.9 Å². The van der Waals surface area contributed by atoms with Crippen LogP contribution in [0.25, 0.3) is 0 Å². The summed E-state index contributed by atoms with van der Waals surface area (Å²) in [5.41, 5.74) is 6.77. The van der Waals surface area contributed by atoms with Gasteiger partial charge in [-0.1, -0.05) is 12.1 Å². The van der Waals surface area contributed by atoms with Crippen molar-refractivity contribution in [2.75, 3.05) is 12.0 Å². The smallest absolute Gasteiger partial charge is 0.174 e. The zero-order valence-electron chi connectivity index (χ0n) is 19.5. The van der Waals surface area contributed by atoms with Gasteiger partial charge in [0, 0.05) is 42.2 Å². The van der Waals surface area contributed by atoms with Gasteiger partial charge < -0.3 is 19.5 Å². The average Bonchev–Trinajstić information content (AvgIpc) is 3.36. The Morgan fingerprint density at radius 2 is 1.85 bits per heavy atom. The van der Waals surface area contributed by atoms with Crippen molar-refractivity contribution in [3.8, 4) is 5.75 Å². The number of pyridine rings is 2. The SMILES string of the molecule is COc1ccc(N2C(=S)N[C@@H](c3ccccn3)[C@@H]2c2cc(C)n(Cc3cccnc3)c2C)cc1. The number of methoxy groups -OCH3 is 1. The van der Waals surface area contributed by atoms with Crippen molar-refractivity contribution in [1.29, 1.82) is 0 Å². The minimum Gasteiger partial charge on any atom is -0.497 e. The Morgan fingerprint density at radius 1 is 1.03 bits per heavy atom. The topological polar surface area (TPSA) is 55.2 Å². The van der Waals surface area contributed by atoms with Crippen LogP contribution < -0.4 is 15.0 Å². The molecule has 2 atom stereocenters. The molecule has 0 saturated carbocycles. The van der Waals surface area contributed by atoms with Gasteiger partial charge in [-0.2, -0.15) is 0 Å². The molecule has 5 rings (SSSR count). The van der Waals surface area contributed by atoms with Crippen LogP contribution >= 0.6 is 12.2 Å². The number of hydrogen-bond acceptors (Lipinski definition) is 4. The number of aromatic nitrogens is 3. The number of ether oxygens (including phenoxy) is 1. The van der Waals surface area contributed by atoms with Crippen LogP contribution in [0, 0.1) is 13.8 Å². The number of thiocarbonyl (C=S) groups is 1. The maximum absolute atomic E-state index is 5.87. The first-order valence-corrected chi connectivity index (χ1v) is 11.7. The molecule has 0 bridgehead atoms. The lowest BCUT2D eigenvalue weighted by atomic mass is 9.96. The molecule has 1 saturated heterocycles. The van der Waals surface area contributed by atoms with Crippen molar-refractivity contribution in [2.45, 2.75) is 32.5 Å². The summed E-state index contributed by atoms with van der Waals surface area (Å²) in [6, 6.07) is 20.3. The van der Waals surface area contributed by atoms with Gasteiger partial charge in [-0.05, 0) is 85.7 Å². The van der Waals surface area contributed by atoms with E-state index in [0.29, 0.717) is 5.11 Å². The molecule has 1 N–H and O–H groups in total. The van der Waals surface area contributed by atoms with Crippen molar-refractivity contribution in [3.05, 3.63) is 107 Å². The fraction of sp³-hybridized carbons (Fsp3) is 0.222. The minimum atomic E-state index is -0.0804. The molecule has 1 aliphatic heterocycles. The number of rotatable bonds is 6. The predicted molar refractivity (Wildman–Crippen MR) is 138 cm³/mol. The lowest BCUT2D eigenvalue weighted by Crippen LogP contribution is -2.29. The summed E-state index contributed by atoms with van der Waals surface area (Å²) in [4.78, 5) is 11.2. The zero-order chi connectivity index (χ0) is 23.7.